The highest BCUT2D eigenvalue weighted by atomic mass is 16.5. The summed E-state index contributed by atoms with van der Waals surface area (Å²) >= 11 is 0. The van der Waals surface area contributed by atoms with Crippen molar-refractivity contribution in [3.63, 3.8) is 0 Å². The second-order valence-corrected chi connectivity index (χ2v) is 6.15. The molecule has 6 nitrogen and oxygen atoms in total. The Morgan fingerprint density at radius 3 is 2.33 bits per heavy atom. The monoisotopic (exact) mass is 334 g/mol. The predicted octanol–water partition coefficient (Wildman–Crippen LogP) is 1.79. The first-order valence-corrected chi connectivity index (χ1v) is 8.35. The van der Waals surface area contributed by atoms with Gasteiger partial charge in [-0.25, -0.2) is 0 Å². The number of benzene rings is 1. The molecule has 1 aromatic rings. The van der Waals surface area contributed by atoms with Crippen LogP contribution in [0.2, 0.25) is 0 Å². The first-order chi connectivity index (χ1) is 11.5. The predicted molar refractivity (Wildman–Crippen MR) is 91.1 cm³/mol. The molecule has 1 heterocycles. The van der Waals surface area contributed by atoms with Gasteiger partial charge in [0.25, 0.3) is 5.91 Å². The average molecular weight is 334 g/mol. The molecule has 1 saturated heterocycles. The maximum absolute atomic E-state index is 12.4. The van der Waals surface area contributed by atoms with Gasteiger partial charge in [0.1, 0.15) is 0 Å². The van der Waals surface area contributed by atoms with Crippen molar-refractivity contribution in [2.24, 2.45) is 5.92 Å². The Bertz CT molecular complexity index is 574. The SMILES string of the molecule is COc1ccccc1OCC(=O)N1CCCN(C(=O)C(C)C)CC1. The summed E-state index contributed by atoms with van der Waals surface area (Å²) in [7, 11) is 1.57. The summed E-state index contributed by atoms with van der Waals surface area (Å²) in [5, 5.41) is 0. The lowest BCUT2D eigenvalue weighted by Crippen LogP contribution is -2.40. The first-order valence-electron chi connectivity index (χ1n) is 8.35. The van der Waals surface area contributed by atoms with E-state index in [2.05, 4.69) is 0 Å². The van der Waals surface area contributed by atoms with Gasteiger partial charge in [0.15, 0.2) is 18.1 Å². The molecule has 6 heteroatoms. The minimum atomic E-state index is -0.0697. The Hall–Kier alpha value is -2.24. The van der Waals surface area contributed by atoms with Crippen LogP contribution in [0, 0.1) is 5.92 Å². The largest absolute Gasteiger partial charge is 0.493 e. The van der Waals surface area contributed by atoms with Crippen LogP contribution >= 0.6 is 0 Å². The Labute approximate surface area is 143 Å². The molecular weight excluding hydrogens is 308 g/mol. The average Bonchev–Trinajstić information content (AvgIpc) is 2.85. The second kappa shape index (κ2) is 8.57. The van der Waals surface area contributed by atoms with Crippen LogP contribution < -0.4 is 9.47 Å². The van der Waals surface area contributed by atoms with Gasteiger partial charge in [0.05, 0.1) is 7.11 Å². The summed E-state index contributed by atoms with van der Waals surface area (Å²) in [6.45, 7) is 6.25. The quantitative estimate of drug-likeness (QED) is 0.824. The van der Waals surface area contributed by atoms with Gasteiger partial charge in [-0.15, -0.1) is 0 Å². The minimum Gasteiger partial charge on any atom is -0.493 e. The molecule has 0 spiro atoms. The van der Waals surface area contributed by atoms with Crippen LogP contribution in [0.1, 0.15) is 20.3 Å². The summed E-state index contributed by atoms with van der Waals surface area (Å²) in [4.78, 5) is 28.1. The maximum Gasteiger partial charge on any atom is 0.260 e. The van der Waals surface area contributed by atoms with Crippen molar-refractivity contribution in [1.82, 2.24) is 9.80 Å². The van der Waals surface area contributed by atoms with Gasteiger partial charge in [0, 0.05) is 32.1 Å². The van der Waals surface area contributed by atoms with Crippen molar-refractivity contribution in [1.29, 1.82) is 0 Å². The van der Waals surface area contributed by atoms with Crippen molar-refractivity contribution < 1.29 is 19.1 Å². The van der Waals surface area contributed by atoms with Crippen molar-refractivity contribution >= 4 is 11.8 Å². The van der Waals surface area contributed by atoms with Crippen molar-refractivity contribution in [3.8, 4) is 11.5 Å². The molecule has 24 heavy (non-hydrogen) atoms. The molecule has 2 amide bonds. The third-order valence-corrected chi connectivity index (χ3v) is 4.07. The number of carbonyl (C=O) groups excluding carboxylic acids is 2. The van der Waals surface area contributed by atoms with Gasteiger partial charge in [-0.1, -0.05) is 26.0 Å². The van der Waals surface area contributed by atoms with Gasteiger partial charge in [-0.3, -0.25) is 9.59 Å². The number of amides is 2. The van der Waals surface area contributed by atoms with Crippen LogP contribution in [0.3, 0.4) is 0 Å². The molecule has 0 atom stereocenters. The van der Waals surface area contributed by atoms with Gasteiger partial charge >= 0.3 is 0 Å². The molecule has 0 aliphatic carbocycles. The smallest absolute Gasteiger partial charge is 0.260 e. The van der Waals surface area contributed by atoms with E-state index in [1.807, 2.05) is 30.9 Å². The molecule has 1 aromatic carbocycles. The number of para-hydroxylation sites is 2. The number of methoxy groups -OCH3 is 1. The number of hydrogen-bond donors (Lipinski definition) is 0. The molecule has 2 rings (SSSR count). The number of rotatable bonds is 5. The Balaban J connectivity index is 1.88. The topological polar surface area (TPSA) is 59.1 Å². The fraction of sp³-hybridized carbons (Fsp3) is 0.556. The molecule has 0 saturated carbocycles. The minimum absolute atomic E-state index is 0.0128. The van der Waals surface area contributed by atoms with E-state index in [-0.39, 0.29) is 24.3 Å². The fourth-order valence-electron chi connectivity index (χ4n) is 2.72. The van der Waals surface area contributed by atoms with Crippen molar-refractivity contribution in [3.05, 3.63) is 24.3 Å². The summed E-state index contributed by atoms with van der Waals surface area (Å²) in [5.41, 5.74) is 0. The van der Waals surface area contributed by atoms with Gasteiger partial charge in [0.2, 0.25) is 5.91 Å². The highest BCUT2D eigenvalue weighted by Crippen LogP contribution is 2.25. The third-order valence-electron chi connectivity index (χ3n) is 4.07. The third kappa shape index (κ3) is 4.63. The normalized spacial score (nSPS) is 15.2. The van der Waals surface area contributed by atoms with Crippen LogP contribution in [-0.4, -0.2) is 61.5 Å². The molecule has 0 N–H and O–H groups in total. The van der Waals surface area contributed by atoms with Gasteiger partial charge in [-0.2, -0.15) is 0 Å². The lowest BCUT2D eigenvalue weighted by Gasteiger charge is -2.23. The lowest BCUT2D eigenvalue weighted by atomic mass is 10.2. The molecular formula is C18H26N2O4. The summed E-state index contributed by atoms with van der Waals surface area (Å²) < 4.78 is 10.8. The fourth-order valence-corrected chi connectivity index (χ4v) is 2.72. The van der Waals surface area contributed by atoms with E-state index in [0.29, 0.717) is 37.7 Å². The standard InChI is InChI=1S/C18H26N2O4/c1-14(2)18(22)20-10-6-9-19(11-12-20)17(21)13-24-16-8-5-4-7-15(16)23-3/h4-5,7-8,14H,6,9-13H2,1-3H3. The second-order valence-electron chi connectivity index (χ2n) is 6.15. The van der Waals surface area contributed by atoms with E-state index in [1.54, 1.807) is 24.1 Å². The van der Waals surface area contributed by atoms with E-state index in [9.17, 15) is 9.59 Å². The molecule has 0 bridgehead atoms. The Kier molecular flexibility index (Phi) is 6.46. The van der Waals surface area contributed by atoms with E-state index >= 15 is 0 Å². The molecule has 1 aliphatic rings. The summed E-state index contributed by atoms with van der Waals surface area (Å²) in [6, 6.07) is 7.25. The van der Waals surface area contributed by atoms with E-state index in [0.717, 1.165) is 6.42 Å². The number of hydrogen-bond acceptors (Lipinski definition) is 4. The highest BCUT2D eigenvalue weighted by Gasteiger charge is 2.23. The van der Waals surface area contributed by atoms with Crippen LogP contribution in [0.4, 0.5) is 0 Å². The first kappa shape index (κ1) is 18.1. The number of carbonyl (C=O) groups is 2. The van der Waals surface area contributed by atoms with Crippen LogP contribution in [0.15, 0.2) is 24.3 Å². The molecule has 132 valence electrons. The van der Waals surface area contributed by atoms with Crippen molar-refractivity contribution in [2.75, 3.05) is 39.9 Å². The molecule has 1 aliphatic heterocycles. The zero-order valence-corrected chi connectivity index (χ0v) is 14.7. The number of nitrogens with zero attached hydrogens (tertiary/aromatic N) is 2. The van der Waals surface area contributed by atoms with E-state index in [1.165, 1.54) is 0 Å². The summed E-state index contributed by atoms with van der Waals surface area (Å²) in [5.74, 6) is 1.23. The lowest BCUT2D eigenvalue weighted by molar-refractivity contribution is -0.136. The maximum atomic E-state index is 12.4. The molecule has 0 aromatic heterocycles. The molecule has 0 unspecified atom stereocenters. The van der Waals surface area contributed by atoms with Crippen LogP contribution in [0.25, 0.3) is 0 Å². The zero-order chi connectivity index (χ0) is 17.5. The Morgan fingerprint density at radius 2 is 1.67 bits per heavy atom. The highest BCUT2D eigenvalue weighted by molar-refractivity contribution is 5.79. The van der Waals surface area contributed by atoms with Crippen molar-refractivity contribution in [2.45, 2.75) is 20.3 Å². The van der Waals surface area contributed by atoms with E-state index in [4.69, 9.17) is 9.47 Å². The Morgan fingerprint density at radius 1 is 1.04 bits per heavy atom. The molecule has 1 fully saturated rings. The molecule has 0 radical (unpaired) electrons. The number of ether oxygens (including phenoxy) is 2. The van der Waals surface area contributed by atoms with Gasteiger partial charge < -0.3 is 19.3 Å². The zero-order valence-electron chi connectivity index (χ0n) is 14.7. The summed E-state index contributed by atoms with van der Waals surface area (Å²) in [6.07, 6.45) is 0.791. The van der Waals surface area contributed by atoms with E-state index < -0.39 is 0 Å². The van der Waals surface area contributed by atoms with Gasteiger partial charge in [-0.05, 0) is 18.6 Å². The van der Waals surface area contributed by atoms with Crippen LogP contribution in [0.5, 0.6) is 11.5 Å². The van der Waals surface area contributed by atoms with Crippen LogP contribution in [-0.2, 0) is 9.59 Å².